The summed E-state index contributed by atoms with van der Waals surface area (Å²) in [6.07, 6.45) is 7.58. The van der Waals surface area contributed by atoms with Crippen LogP contribution in [-0.2, 0) is 14.3 Å². The van der Waals surface area contributed by atoms with Crippen LogP contribution in [0.1, 0.15) is 43.1 Å². The summed E-state index contributed by atoms with van der Waals surface area (Å²) >= 11 is 6.19. The third-order valence-electron chi connectivity index (χ3n) is 6.83. The molecule has 0 saturated carbocycles. The summed E-state index contributed by atoms with van der Waals surface area (Å²) in [5.74, 6) is -0.817. The van der Waals surface area contributed by atoms with Gasteiger partial charge < -0.3 is 25.5 Å². The van der Waals surface area contributed by atoms with Crippen molar-refractivity contribution in [2.24, 2.45) is 0 Å². The number of carbonyl (C=O) groups is 3. The molecule has 2 aromatic heterocycles. The summed E-state index contributed by atoms with van der Waals surface area (Å²) in [6, 6.07) is 8.82. The fourth-order valence-electron chi connectivity index (χ4n) is 4.73. The highest BCUT2D eigenvalue weighted by Gasteiger charge is 2.24. The van der Waals surface area contributed by atoms with Crippen molar-refractivity contribution >= 4 is 47.0 Å². The smallest absolute Gasteiger partial charge is 0.411 e. The van der Waals surface area contributed by atoms with E-state index in [0.717, 1.165) is 0 Å². The second-order valence-corrected chi connectivity index (χ2v) is 10.2. The number of hydrogen-bond acceptors (Lipinski definition) is 9. The Hall–Kier alpha value is -5.24. The van der Waals surface area contributed by atoms with Gasteiger partial charge in [0.1, 0.15) is 18.2 Å². The minimum absolute atomic E-state index is 0.345. The van der Waals surface area contributed by atoms with E-state index in [2.05, 4.69) is 41.2 Å². The van der Waals surface area contributed by atoms with Gasteiger partial charge >= 0.3 is 12.1 Å². The molecule has 14 nitrogen and oxygen atoms in total. The topological polar surface area (TPSA) is 189 Å². The first-order valence-corrected chi connectivity index (χ1v) is 13.7. The number of halogens is 1. The Kier molecular flexibility index (Phi) is 8.96. The Balaban J connectivity index is 1.41. The molecule has 1 aliphatic heterocycles. The molecule has 5 rings (SSSR count). The molecular formula is C28H28ClN9O5. The first-order valence-electron chi connectivity index (χ1n) is 13.4. The van der Waals surface area contributed by atoms with E-state index in [9.17, 15) is 19.5 Å². The minimum atomic E-state index is -1.01. The van der Waals surface area contributed by atoms with Gasteiger partial charge in [-0.25, -0.2) is 14.6 Å². The lowest BCUT2D eigenvalue weighted by molar-refractivity contribution is -0.138. The van der Waals surface area contributed by atoms with E-state index in [-0.39, 0.29) is 5.91 Å². The average molecular weight is 606 g/mol. The molecule has 222 valence electrons. The van der Waals surface area contributed by atoms with E-state index in [0.29, 0.717) is 70.4 Å². The summed E-state index contributed by atoms with van der Waals surface area (Å²) in [7, 11) is 1.25. The van der Waals surface area contributed by atoms with Gasteiger partial charge in [0.05, 0.1) is 24.5 Å². The van der Waals surface area contributed by atoms with Crippen molar-refractivity contribution in [1.82, 2.24) is 35.5 Å². The van der Waals surface area contributed by atoms with Gasteiger partial charge in [0.25, 0.3) is 0 Å². The molecule has 1 aliphatic rings. The molecule has 5 N–H and O–H groups in total. The van der Waals surface area contributed by atoms with E-state index in [1.807, 2.05) is 0 Å². The molecule has 2 amide bonds. The first-order chi connectivity index (χ1) is 20.8. The highest BCUT2D eigenvalue weighted by molar-refractivity contribution is 6.30. The number of rotatable bonds is 6. The Labute approximate surface area is 250 Å². The van der Waals surface area contributed by atoms with Crippen LogP contribution in [-0.4, -0.2) is 66.4 Å². The molecule has 2 atom stereocenters. The second kappa shape index (κ2) is 13.2. The monoisotopic (exact) mass is 605 g/mol. The van der Waals surface area contributed by atoms with Crippen LogP contribution in [0.25, 0.3) is 23.0 Å². The molecule has 0 radical (unpaired) electrons. The quantitative estimate of drug-likeness (QED) is 0.199. The second-order valence-electron chi connectivity index (χ2n) is 9.72. The van der Waals surface area contributed by atoms with Crippen LogP contribution < -0.4 is 16.0 Å². The summed E-state index contributed by atoms with van der Waals surface area (Å²) in [4.78, 5) is 44.8. The number of ether oxygens (including phenoxy) is 1. The van der Waals surface area contributed by atoms with E-state index < -0.39 is 24.1 Å². The maximum atomic E-state index is 13.1. The van der Waals surface area contributed by atoms with Gasteiger partial charge in [0.15, 0.2) is 0 Å². The molecule has 15 heteroatoms. The van der Waals surface area contributed by atoms with Crippen molar-refractivity contribution in [2.45, 2.75) is 37.8 Å². The van der Waals surface area contributed by atoms with Crippen molar-refractivity contribution in [3.05, 3.63) is 71.4 Å². The summed E-state index contributed by atoms with van der Waals surface area (Å²) in [5, 5.41) is 30.3. The zero-order valence-corrected chi connectivity index (χ0v) is 23.7. The SMILES string of the molecule is COC(=O)Nc1ccc2c(c1)N[C@@H](C(=O)O)CCCC[C@H](NC(=O)/C=C/c1cc(Cl)ccc1-n1cnnn1)c1nc-2c[nH]1. The van der Waals surface area contributed by atoms with Gasteiger partial charge in [-0.3, -0.25) is 10.1 Å². The number of imidazole rings is 1. The molecule has 43 heavy (non-hydrogen) atoms. The third-order valence-corrected chi connectivity index (χ3v) is 7.07. The number of nitrogens with one attached hydrogen (secondary N) is 4. The van der Waals surface area contributed by atoms with E-state index in [4.69, 9.17) is 16.6 Å². The largest absolute Gasteiger partial charge is 0.480 e. The Bertz CT molecular complexity index is 1650. The number of nitrogens with zero attached hydrogens (tertiary/aromatic N) is 5. The fourth-order valence-corrected chi connectivity index (χ4v) is 4.91. The number of carboxylic acids is 1. The van der Waals surface area contributed by atoms with E-state index in [1.165, 1.54) is 24.2 Å². The highest BCUT2D eigenvalue weighted by Crippen LogP contribution is 2.33. The Morgan fingerprint density at radius 2 is 2.00 bits per heavy atom. The Morgan fingerprint density at radius 1 is 1.16 bits per heavy atom. The number of anilines is 2. The van der Waals surface area contributed by atoms with E-state index >= 15 is 0 Å². The number of carboxylic acid groups (broad SMARTS) is 1. The lowest BCUT2D eigenvalue weighted by atomic mass is 10.0. The van der Waals surface area contributed by atoms with Crippen LogP contribution in [0.4, 0.5) is 16.2 Å². The number of aromatic nitrogens is 6. The molecule has 0 aliphatic carbocycles. The summed E-state index contributed by atoms with van der Waals surface area (Å²) < 4.78 is 6.14. The van der Waals surface area contributed by atoms with Gasteiger partial charge in [0.2, 0.25) is 5.91 Å². The van der Waals surface area contributed by atoms with Gasteiger partial charge in [-0.1, -0.05) is 24.4 Å². The number of fused-ring (bicyclic) bond motifs is 4. The number of aromatic amines is 1. The molecule has 0 saturated heterocycles. The highest BCUT2D eigenvalue weighted by atomic mass is 35.5. The maximum Gasteiger partial charge on any atom is 0.411 e. The number of H-pyrrole nitrogens is 1. The predicted octanol–water partition coefficient (Wildman–Crippen LogP) is 4.19. The van der Waals surface area contributed by atoms with Crippen LogP contribution in [0.15, 0.2) is 55.0 Å². The number of carbonyl (C=O) groups excluding carboxylic acids is 2. The standard InChI is InChI=1S/C28H28ClN9O5/c1-43-28(42)32-18-8-9-19-22(13-18)33-21(27(40)41)5-3-2-4-20(26-30-14-23(19)35-26)34-25(39)11-6-16-12-17(29)7-10-24(16)38-15-31-36-37-38/h6-15,20-21,33H,2-5H2,1H3,(H,30,35)(H,32,42)(H,34,39)(H,40,41)/b11-6+/t20-,21+/m0/s1. The van der Waals surface area contributed by atoms with Crippen molar-refractivity contribution in [1.29, 1.82) is 0 Å². The first kappa shape index (κ1) is 29.3. The van der Waals surface area contributed by atoms with Gasteiger partial charge in [-0.2, -0.15) is 4.68 Å². The number of tetrazole rings is 1. The number of methoxy groups -OCH3 is 1. The third kappa shape index (κ3) is 7.16. The zero-order valence-electron chi connectivity index (χ0n) is 23.0. The van der Waals surface area contributed by atoms with Crippen molar-refractivity contribution in [3.63, 3.8) is 0 Å². The minimum Gasteiger partial charge on any atom is -0.480 e. The summed E-state index contributed by atoms with van der Waals surface area (Å²) in [5.41, 5.74) is 3.33. The lowest BCUT2D eigenvalue weighted by Crippen LogP contribution is -2.30. The number of aliphatic carboxylic acids is 1. The van der Waals surface area contributed by atoms with Gasteiger partial charge in [0, 0.05) is 39.8 Å². The van der Waals surface area contributed by atoms with Crippen molar-refractivity contribution in [2.75, 3.05) is 17.7 Å². The van der Waals surface area contributed by atoms with Crippen LogP contribution in [0.2, 0.25) is 5.02 Å². The maximum absolute atomic E-state index is 13.1. The number of benzene rings is 2. The average Bonchev–Trinajstić information content (AvgIpc) is 3.70. The van der Waals surface area contributed by atoms with Gasteiger partial charge in [-0.05, 0) is 65.7 Å². The molecule has 2 bridgehead atoms. The molecule has 4 aromatic rings. The molecule has 0 fully saturated rings. The van der Waals surface area contributed by atoms with Crippen LogP contribution in [0, 0.1) is 0 Å². The van der Waals surface area contributed by atoms with E-state index in [1.54, 1.807) is 48.7 Å². The van der Waals surface area contributed by atoms with Gasteiger partial charge in [-0.15, -0.1) is 5.10 Å². The molecular weight excluding hydrogens is 578 g/mol. The van der Waals surface area contributed by atoms with Crippen LogP contribution in [0.5, 0.6) is 0 Å². The normalized spacial score (nSPS) is 16.7. The Morgan fingerprint density at radius 3 is 2.77 bits per heavy atom. The molecule has 0 unspecified atom stereocenters. The van der Waals surface area contributed by atoms with Crippen molar-refractivity contribution in [3.8, 4) is 16.9 Å². The number of hydrogen-bond donors (Lipinski definition) is 5. The van der Waals surface area contributed by atoms with Crippen molar-refractivity contribution < 1.29 is 24.2 Å². The molecule has 0 spiro atoms. The van der Waals surface area contributed by atoms with Crippen LogP contribution in [0.3, 0.4) is 0 Å². The van der Waals surface area contributed by atoms with Crippen LogP contribution >= 0.6 is 11.6 Å². The predicted molar refractivity (Wildman–Crippen MR) is 158 cm³/mol. The lowest BCUT2D eigenvalue weighted by Gasteiger charge is -2.21. The molecule has 2 aromatic carbocycles. The summed E-state index contributed by atoms with van der Waals surface area (Å²) in [6.45, 7) is 0. The zero-order chi connectivity index (χ0) is 30.3. The fraction of sp³-hybridized carbons (Fsp3) is 0.250. The number of amides is 2. The molecule has 3 heterocycles.